The molecule has 3 N–H and O–H groups in total. The van der Waals surface area contributed by atoms with Crippen molar-refractivity contribution in [2.75, 3.05) is 12.4 Å². The third-order valence-electron chi connectivity index (χ3n) is 6.48. The van der Waals surface area contributed by atoms with Crippen molar-refractivity contribution in [3.05, 3.63) is 82.2 Å². The summed E-state index contributed by atoms with van der Waals surface area (Å²) in [6, 6.07) is 11.3. The van der Waals surface area contributed by atoms with Gasteiger partial charge in [-0.3, -0.25) is 9.36 Å². The number of aromatic nitrogens is 3. The van der Waals surface area contributed by atoms with Crippen molar-refractivity contribution in [2.24, 2.45) is 5.73 Å². The zero-order chi connectivity index (χ0) is 24.7. The number of rotatable bonds is 6. The lowest BCUT2D eigenvalue weighted by Gasteiger charge is -2.26. The molecule has 2 aromatic carbocycles. The van der Waals surface area contributed by atoms with E-state index in [0.29, 0.717) is 22.7 Å². The van der Waals surface area contributed by atoms with Gasteiger partial charge in [-0.2, -0.15) is 4.98 Å². The van der Waals surface area contributed by atoms with E-state index in [-0.39, 0.29) is 18.2 Å². The third kappa shape index (κ3) is 4.01. The normalized spacial score (nSPS) is 15.3. The monoisotopic (exact) mass is 477 g/mol. The lowest BCUT2D eigenvalue weighted by Crippen LogP contribution is -2.20. The van der Waals surface area contributed by atoms with Gasteiger partial charge in [0.2, 0.25) is 11.9 Å². The predicted octanol–water partition coefficient (Wildman–Crippen LogP) is 4.74. The van der Waals surface area contributed by atoms with Crippen LogP contribution in [0.25, 0.3) is 16.9 Å². The number of anilines is 1. The Labute approximate surface area is 200 Å². The molecule has 1 atom stereocenters. The van der Waals surface area contributed by atoms with Gasteiger partial charge in [0.25, 0.3) is 0 Å². The van der Waals surface area contributed by atoms with Crippen molar-refractivity contribution < 1.29 is 18.3 Å². The number of ether oxygens (including phenoxy) is 1. The molecule has 0 bridgehead atoms. The molecule has 0 saturated heterocycles. The van der Waals surface area contributed by atoms with Crippen molar-refractivity contribution in [3.63, 3.8) is 0 Å². The van der Waals surface area contributed by atoms with Crippen LogP contribution in [-0.4, -0.2) is 27.6 Å². The van der Waals surface area contributed by atoms with Gasteiger partial charge in [0.15, 0.2) is 11.6 Å². The number of amides is 1. The molecule has 1 aliphatic rings. The van der Waals surface area contributed by atoms with Gasteiger partial charge in [-0.05, 0) is 50.5 Å². The largest absolute Gasteiger partial charge is 0.375 e. The van der Waals surface area contributed by atoms with E-state index in [0.717, 1.165) is 47.8 Å². The average Bonchev–Trinajstić information content (AvgIpc) is 3.19. The fourth-order valence-electron chi connectivity index (χ4n) is 4.79. The van der Waals surface area contributed by atoms with Crippen molar-refractivity contribution in [1.29, 1.82) is 0 Å². The Morgan fingerprint density at radius 2 is 2.03 bits per heavy atom. The zero-order valence-corrected chi connectivity index (χ0v) is 19.4. The van der Waals surface area contributed by atoms with Gasteiger partial charge in [-0.1, -0.05) is 18.2 Å². The third-order valence-corrected chi connectivity index (χ3v) is 6.48. The fourth-order valence-corrected chi connectivity index (χ4v) is 4.79. The minimum Gasteiger partial charge on any atom is -0.375 e. The van der Waals surface area contributed by atoms with Crippen LogP contribution in [0.1, 0.15) is 51.8 Å². The Kier molecular flexibility index (Phi) is 5.94. The topological polar surface area (TPSA) is 95.1 Å². The number of hydrogen-bond acceptors (Lipinski definition) is 5. The van der Waals surface area contributed by atoms with E-state index in [1.54, 1.807) is 19.2 Å². The number of nitrogens with two attached hydrogens (primary N) is 1. The first-order valence-corrected chi connectivity index (χ1v) is 11.4. The number of nitrogens with one attached hydrogen (secondary N) is 1. The summed E-state index contributed by atoms with van der Waals surface area (Å²) in [5.41, 5.74) is 9.42. The van der Waals surface area contributed by atoms with Crippen LogP contribution in [0.5, 0.6) is 0 Å². The van der Waals surface area contributed by atoms with Crippen LogP contribution in [0.3, 0.4) is 0 Å². The standard InChI is InChI=1S/C26H25F2N5O2/c1-14-12-18-16(24(29)34)7-4-10-20(18)33(14)26-31-23-17(8-5-11-21(23)35-2)25(32-26)30-13-15-6-3-9-19(27)22(15)28/h3-4,6-7,9-10,12,21H,5,8,11,13H2,1-2H3,(H2,29,34)(H,30,31,32)/t21-/m0/s1. The Bertz CT molecular complexity index is 1450. The number of halogens is 2. The van der Waals surface area contributed by atoms with E-state index in [1.165, 1.54) is 12.1 Å². The molecule has 5 rings (SSSR count). The molecule has 35 heavy (non-hydrogen) atoms. The molecule has 4 aromatic rings. The van der Waals surface area contributed by atoms with E-state index in [9.17, 15) is 13.6 Å². The van der Waals surface area contributed by atoms with Crippen molar-refractivity contribution in [1.82, 2.24) is 14.5 Å². The molecular formula is C26H25F2N5O2. The number of carbonyl (C=O) groups is 1. The fraction of sp³-hybridized carbons (Fsp3) is 0.269. The van der Waals surface area contributed by atoms with Gasteiger partial charge < -0.3 is 15.8 Å². The zero-order valence-electron chi connectivity index (χ0n) is 19.4. The summed E-state index contributed by atoms with van der Waals surface area (Å²) >= 11 is 0. The molecule has 9 heteroatoms. The lowest BCUT2D eigenvalue weighted by atomic mass is 9.93. The summed E-state index contributed by atoms with van der Waals surface area (Å²) in [6.07, 6.45) is 2.23. The van der Waals surface area contributed by atoms with Crippen LogP contribution in [-0.2, 0) is 17.7 Å². The maximum Gasteiger partial charge on any atom is 0.249 e. The molecule has 2 heterocycles. The second-order valence-corrected chi connectivity index (χ2v) is 8.64. The number of carbonyl (C=O) groups excluding carboxylic acids is 1. The van der Waals surface area contributed by atoms with Gasteiger partial charge >= 0.3 is 0 Å². The number of aryl methyl sites for hydroxylation is 1. The number of benzene rings is 2. The number of methoxy groups -OCH3 is 1. The minimum atomic E-state index is -0.895. The van der Waals surface area contributed by atoms with E-state index < -0.39 is 17.5 Å². The highest BCUT2D eigenvalue weighted by Gasteiger charge is 2.27. The highest BCUT2D eigenvalue weighted by atomic mass is 19.2. The Morgan fingerprint density at radius 1 is 1.23 bits per heavy atom. The molecule has 2 aromatic heterocycles. The first-order chi connectivity index (χ1) is 16.9. The van der Waals surface area contributed by atoms with Crippen LogP contribution in [0.4, 0.5) is 14.6 Å². The molecule has 0 saturated carbocycles. The molecule has 0 fully saturated rings. The van der Waals surface area contributed by atoms with Crippen molar-refractivity contribution >= 4 is 22.6 Å². The van der Waals surface area contributed by atoms with E-state index in [2.05, 4.69) is 5.32 Å². The number of hydrogen-bond donors (Lipinski definition) is 2. The quantitative estimate of drug-likeness (QED) is 0.418. The SMILES string of the molecule is CO[C@H]1CCCc2c(NCc3cccc(F)c3F)nc(-n3c(C)cc4c(C(N)=O)cccc43)nc21. The Morgan fingerprint density at radius 3 is 2.80 bits per heavy atom. The summed E-state index contributed by atoms with van der Waals surface area (Å²) in [5, 5.41) is 3.91. The first-order valence-electron chi connectivity index (χ1n) is 11.4. The first kappa shape index (κ1) is 22.9. The van der Waals surface area contributed by atoms with Crippen molar-refractivity contribution in [3.8, 4) is 5.95 Å². The van der Waals surface area contributed by atoms with E-state index in [1.807, 2.05) is 23.6 Å². The molecule has 0 radical (unpaired) electrons. The van der Waals surface area contributed by atoms with Crippen LogP contribution < -0.4 is 11.1 Å². The smallest absolute Gasteiger partial charge is 0.249 e. The molecule has 0 unspecified atom stereocenters. The Balaban J connectivity index is 1.65. The second kappa shape index (κ2) is 9.07. The van der Waals surface area contributed by atoms with Crippen LogP contribution in [0.15, 0.2) is 42.5 Å². The van der Waals surface area contributed by atoms with Gasteiger partial charge in [-0.15, -0.1) is 0 Å². The predicted molar refractivity (Wildman–Crippen MR) is 128 cm³/mol. The molecular weight excluding hydrogens is 452 g/mol. The number of primary amides is 1. The van der Waals surface area contributed by atoms with E-state index >= 15 is 0 Å². The van der Waals surface area contributed by atoms with Crippen LogP contribution in [0, 0.1) is 18.6 Å². The lowest BCUT2D eigenvalue weighted by molar-refractivity contribution is 0.0842. The highest BCUT2D eigenvalue weighted by Crippen LogP contribution is 2.36. The van der Waals surface area contributed by atoms with Gasteiger partial charge in [-0.25, -0.2) is 13.8 Å². The number of nitrogens with zero attached hydrogens (tertiary/aromatic N) is 3. The molecule has 0 spiro atoms. The molecule has 1 amide bonds. The maximum atomic E-state index is 14.3. The van der Waals surface area contributed by atoms with Gasteiger partial charge in [0.05, 0.1) is 17.3 Å². The second-order valence-electron chi connectivity index (χ2n) is 8.64. The van der Waals surface area contributed by atoms with Crippen molar-refractivity contribution in [2.45, 2.75) is 38.8 Å². The molecule has 1 aliphatic carbocycles. The molecule has 0 aliphatic heterocycles. The molecule has 7 nitrogen and oxygen atoms in total. The summed E-state index contributed by atoms with van der Waals surface area (Å²) < 4.78 is 35.6. The van der Waals surface area contributed by atoms with Crippen LogP contribution in [0.2, 0.25) is 0 Å². The molecule has 180 valence electrons. The summed E-state index contributed by atoms with van der Waals surface area (Å²) in [6.45, 7) is 1.96. The average molecular weight is 478 g/mol. The maximum absolute atomic E-state index is 14.3. The summed E-state index contributed by atoms with van der Waals surface area (Å²) in [5.74, 6) is -1.36. The number of fused-ring (bicyclic) bond motifs is 2. The Hall–Kier alpha value is -3.85. The van der Waals surface area contributed by atoms with Crippen LogP contribution >= 0.6 is 0 Å². The van der Waals surface area contributed by atoms with Gasteiger partial charge in [0, 0.05) is 41.4 Å². The van der Waals surface area contributed by atoms with Gasteiger partial charge in [0.1, 0.15) is 5.82 Å². The highest BCUT2D eigenvalue weighted by molar-refractivity contribution is 6.06. The minimum absolute atomic E-state index is 0.0569. The van der Waals surface area contributed by atoms with E-state index in [4.69, 9.17) is 20.4 Å². The summed E-state index contributed by atoms with van der Waals surface area (Å²) in [4.78, 5) is 21.6. The summed E-state index contributed by atoms with van der Waals surface area (Å²) in [7, 11) is 1.65.